The largest absolute Gasteiger partial charge is 0.465 e. The number of ketones is 2. The summed E-state index contributed by atoms with van der Waals surface area (Å²) in [5, 5.41) is 0. The normalized spacial score (nSPS) is 36.9. The third-order valence-corrected chi connectivity index (χ3v) is 33.8. The quantitative estimate of drug-likeness (QED) is 0.0242. The highest BCUT2D eigenvalue weighted by Gasteiger charge is 2.60. The Morgan fingerprint density at radius 2 is 0.628 bits per heavy atom. The van der Waals surface area contributed by atoms with E-state index in [4.69, 9.17) is 28.4 Å². The van der Waals surface area contributed by atoms with Crippen molar-refractivity contribution in [1.82, 2.24) is 0 Å². The molecule has 8 bridgehead atoms. The fourth-order valence-electron chi connectivity index (χ4n) is 28.9. The maximum atomic E-state index is 13.4. The van der Waals surface area contributed by atoms with E-state index in [0.717, 1.165) is 150 Å². The zero-order valence-electron chi connectivity index (χ0n) is 70.5. The van der Waals surface area contributed by atoms with Gasteiger partial charge in [0, 0.05) is 49.5 Å². The van der Waals surface area contributed by atoms with Crippen molar-refractivity contribution < 1.29 is 66.8 Å². The first-order valence-electron chi connectivity index (χ1n) is 47.7. The van der Waals surface area contributed by atoms with Gasteiger partial charge in [-0.3, -0.25) is 19.2 Å². The fourth-order valence-corrected chi connectivity index (χ4v) is 28.9. The molecule has 0 saturated heterocycles. The molecule has 0 aromatic heterocycles. The number of fused-ring (bicyclic) bond motifs is 20. The topological polar surface area (TPSA) is 192 Å². The van der Waals surface area contributed by atoms with Crippen LogP contribution in [0.3, 0.4) is 0 Å². The standard InChI is InChI=1S/C99H150O14/c1-6-9-11-13-14-20-26-69-32-31-68(25-19-12-10-7-2)80(27-21-15-17-23-29-95(103)111-61-76-51-74-55-88(76)92-46-65(42-84(74)92)58-109-97(105)39-37-78(100)35-33-70-49-72-53-86(70)90-45-64(41-82(72)90)57-108-94(102)8-3)81(69)28-22-16-18-24-30-96(104)112-62-77-52-75-56-89(77)93-47-66(43-85(75)93)59-110-98(106)40-38-79(101)36-34-71-50-73-54-87(71)91-48-67(44-83(73)91)60-113-99(107)63(4)5/h8,37-40,64-77,80-93H,3-4,6-7,9-36,41-62H2,1-2,5H3/b39-37+,40-38+/t64?,65?,66?,67?,68?,69?,70?,71?,72?,73?,74?,75?,76?,77?,80?,81?,82-,83?,84-,85?,86?,87-,88?,89?,90?,91?,92?,93+/m1/s1. The van der Waals surface area contributed by atoms with Crippen LogP contribution in [0.15, 0.2) is 49.1 Å². The Balaban J connectivity index is 0.476. The van der Waals surface area contributed by atoms with Crippen LogP contribution in [0.25, 0.3) is 0 Å². The van der Waals surface area contributed by atoms with E-state index in [-0.39, 0.29) is 35.4 Å². The fraction of sp³-hybridized carbons (Fsp3) is 0.838. The van der Waals surface area contributed by atoms with E-state index in [1.54, 1.807) is 6.92 Å². The molecule has 13 aliphatic rings. The molecule has 0 heterocycles. The van der Waals surface area contributed by atoms with Crippen molar-refractivity contribution >= 4 is 47.4 Å². The summed E-state index contributed by atoms with van der Waals surface area (Å²) >= 11 is 0. The van der Waals surface area contributed by atoms with Crippen molar-refractivity contribution in [1.29, 1.82) is 0 Å². The monoisotopic (exact) mass is 1560 g/mol. The van der Waals surface area contributed by atoms with E-state index in [0.29, 0.717) is 189 Å². The summed E-state index contributed by atoms with van der Waals surface area (Å²) in [7, 11) is 0. The van der Waals surface area contributed by atoms with Crippen LogP contribution in [0.1, 0.15) is 316 Å². The summed E-state index contributed by atoms with van der Waals surface area (Å²) in [6.45, 7) is 16.5. The van der Waals surface area contributed by atoms with E-state index in [9.17, 15) is 38.4 Å². The van der Waals surface area contributed by atoms with Gasteiger partial charge >= 0.3 is 35.8 Å². The lowest BCUT2D eigenvalue weighted by Crippen LogP contribution is -2.35. The number of ether oxygens (including phenoxy) is 6. The number of allylic oxidation sites excluding steroid dienone is 2. The van der Waals surface area contributed by atoms with E-state index in [1.165, 1.54) is 197 Å². The first kappa shape index (κ1) is 86.0. The molecule has 13 rings (SSSR count). The Kier molecular flexibility index (Phi) is 32.1. The van der Waals surface area contributed by atoms with Crippen LogP contribution >= 0.6 is 0 Å². The number of hydrogen-bond donors (Lipinski definition) is 0. The molecule has 0 N–H and O–H groups in total. The van der Waals surface area contributed by atoms with Gasteiger partial charge in [-0.15, -0.1) is 0 Å². The third-order valence-electron chi connectivity index (χ3n) is 33.8. The molecule has 0 radical (unpaired) electrons. The van der Waals surface area contributed by atoms with Crippen molar-refractivity contribution in [2.45, 2.75) is 316 Å². The number of carbonyl (C=O) groups excluding carboxylic acids is 8. The molecule has 14 nitrogen and oxygen atoms in total. The van der Waals surface area contributed by atoms with Gasteiger partial charge in [0.05, 0.1) is 39.6 Å². The minimum absolute atomic E-state index is 0.00411. The smallest absolute Gasteiger partial charge is 0.333 e. The van der Waals surface area contributed by atoms with Crippen molar-refractivity contribution in [3.05, 3.63) is 49.1 Å². The van der Waals surface area contributed by atoms with Gasteiger partial charge in [-0.25, -0.2) is 19.2 Å². The van der Waals surface area contributed by atoms with Crippen molar-refractivity contribution in [3.8, 4) is 0 Å². The van der Waals surface area contributed by atoms with Gasteiger partial charge in [0.25, 0.3) is 0 Å². The van der Waals surface area contributed by atoms with Gasteiger partial charge in [-0.2, -0.15) is 0 Å². The third kappa shape index (κ3) is 22.7. The second kappa shape index (κ2) is 42.2. The van der Waals surface area contributed by atoms with E-state index < -0.39 is 11.9 Å². The second-order valence-corrected chi connectivity index (χ2v) is 40.5. The van der Waals surface area contributed by atoms with Crippen LogP contribution in [0, 0.1) is 166 Å². The molecule has 113 heavy (non-hydrogen) atoms. The second-order valence-electron chi connectivity index (χ2n) is 40.5. The lowest BCUT2D eigenvalue weighted by molar-refractivity contribution is -0.147. The number of rotatable bonds is 50. The SMILES string of the molecule is C=CC(=O)OCC1CC2C3CC(CC3CCC(=O)/C=C/C(=O)OCC3CC4C5CC(CC5COC(=O)CCCCCCC5C(CCCCCC)CCC(CCCCCCCC)C5CCCCCCC(=O)OCC5CC6CC5[C@H]5CC(COC(=O)/C=C/C(=O)CCC7CC8C[C@H]7C7CC(COC(=O)C(=C)C)CC87)CC65)[C@H]4C3)[C@H]2C1. The summed E-state index contributed by atoms with van der Waals surface area (Å²) in [6, 6.07) is 0. The minimum atomic E-state index is -0.415. The summed E-state index contributed by atoms with van der Waals surface area (Å²) in [6.07, 6.45) is 59.5. The van der Waals surface area contributed by atoms with E-state index >= 15 is 0 Å². The van der Waals surface area contributed by atoms with Gasteiger partial charge in [0.15, 0.2) is 11.6 Å². The molecular formula is C99H150O14. The molecule has 0 spiro atoms. The average molecular weight is 1560 g/mol. The Morgan fingerprint density at radius 1 is 0.301 bits per heavy atom. The first-order chi connectivity index (χ1) is 55.0. The van der Waals surface area contributed by atoms with Crippen molar-refractivity contribution in [3.63, 3.8) is 0 Å². The summed E-state index contributed by atoms with van der Waals surface area (Å²) in [4.78, 5) is 102. The van der Waals surface area contributed by atoms with Crippen LogP contribution in [-0.4, -0.2) is 87.0 Å². The zero-order chi connectivity index (χ0) is 78.9. The lowest BCUT2D eigenvalue weighted by Gasteiger charge is -2.44. The predicted octanol–water partition coefficient (Wildman–Crippen LogP) is 21.7. The first-order valence-corrected chi connectivity index (χ1v) is 47.7. The highest BCUT2D eigenvalue weighted by Crippen LogP contribution is 2.67. The molecule has 13 saturated carbocycles. The van der Waals surface area contributed by atoms with Crippen LogP contribution in [0.5, 0.6) is 0 Å². The Bertz CT molecular complexity index is 3240. The predicted molar refractivity (Wildman–Crippen MR) is 441 cm³/mol. The van der Waals surface area contributed by atoms with Crippen molar-refractivity contribution in [2.75, 3.05) is 39.6 Å². The van der Waals surface area contributed by atoms with Gasteiger partial charge in [0.2, 0.25) is 0 Å². The molecule has 630 valence electrons. The molecule has 0 aromatic rings. The maximum absolute atomic E-state index is 13.4. The summed E-state index contributed by atoms with van der Waals surface area (Å²) in [5.41, 5.74) is 0.451. The molecule has 0 aromatic carbocycles. The molecule has 0 aliphatic heterocycles. The average Bonchev–Trinajstić information content (AvgIpc) is 1.61. The number of esters is 6. The zero-order valence-corrected chi connectivity index (χ0v) is 70.5. The van der Waals surface area contributed by atoms with Gasteiger partial charge in [-0.1, -0.05) is 143 Å². The molecule has 24 unspecified atom stereocenters. The molecular weight excluding hydrogens is 1410 g/mol. The van der Waals surface area contributed by atoms with Crippen LogP contribution in [-0.2, 0) is 66.8 Å². The number of unbranched alkanes of at least 4 members (excludes halogenated alkanes) is 14. The maximum Gasteiger partial charge on any atom is 0.333 e. The number of hydrogen-bond acceptors (Lipinski definition) is 14. The molecule has 13 aliphatic carbocycles. The van der Waals surface area contributed by atoms with E-state index in [1.807, 2.05) is 0 Å². The lowest BCUT2D eigenvalue weighted by atomic mass is 9.61. The molecule has 14 heteroatoms. The van der Waals surface area contributed by atoms with E-state index in [2.05, 4.69) is 27.0 Å². The van der Waals surface area contributed by atoms with Gasteiger partial charge < -0.3 is 28.4 Å². The Morgan fingerprint density at radius 3 is 1.02 bits per heavy atom. The summed E-state index contributed by atoms with van der Waals surface area (Å²) in [5.74, 6) is 15.9. The Labute approximate surface area is 681 Å². The molecule has 28 atom stereocenters. The van der Waals surface area contributed by atoms with Crippen LogP contribution < -0.4 is 0 Å². The van der Waals surface area contributed by atoms with Crippen LogP contribution in [0.2, 0.25) is 0 Å². The van der Waals surface area contributed by atoms with Crippen molar-refractivity contribution in [2.24, 2.45) is 166 Å². The minimum Gasteiger partial charge on any atom is -0.465 e. The molecule has 13 fully saturated rings. The molecule has 0 amide bonds. The number of carbonyl (C=O) groups is 8. The highest BCUT2D eigenvalue weighted by atomic mass is 16.6. The van der Waals surface area contributed by atoms with Gasteiger partial charge in [0.1, 0.15) is 0 Å². The Hall–Kier alpha value is -4.88. The highest BCUT2D eigenvalue weighted by molar-refractivity contribution is 5.96. The summed E-state index contributed by atoms with van der Waals surface area (Å²) < 4.78 is 34.7. The van der Waals surface area contributed by atoms with Crippen LogP contribution in [0.4, 0.5) is 0 Å². The van der Waals surface area contributed by atoms with Gasteiger partial charge in [-0.05, 0) is 339 Å².